The Bertz CT molecular complexity index is 931. The summed E-state index contributed by atoms with van der Waals surface area (Å²) in [4.78, 5) is 11.5. The Morgan fingerprint density at radius 2 is 1.82 bits per heavy atom. The molecule has 1 aromatic heterocycles. The first kappa shape index (κ1) is 14.3. The van der Waals surface area contributed by atoms with Gasteiger partial charge in [0.15, 0.2) is 11.3 Å². The number of halogens is 1. The Hall–Kier alpha value is -2.66. The third-order valence-corrected chi connectivity index (χ3v) is 3.42. The second-order valence-corrected chi connectivity index (χ2v) is 5.17. The van der Waals surface area contributed by atoms with Crippen LogP contribution in [0, 0.1) is 6.92 Å². The Labute approximate surface area is 130 Å². The number of fused-ring (bicyclic) bond motifs is 1. The van der Waals surface area contributed by atoms with Crippen LogP contribution < -0.4 is 5.63 Å². The van der Waals surface area contributed by atoms with Gasteiger partial charge in [-0.1, -0.05) is 11.6 Å². The summed E-state index contributed by atoms with van der Waals surface area (Å²) >= 11 is 5.81. The lowest BCUT2D eigenvalue weighted by Gasteiger charge is -2.04. The van der Waals surface area contributed by atoms with Gasteiger partial charge in [0.05, 0.1) is 5.69 Å². The lowest BCUT2D eigenvalue weighted by Crippen LogP contribution is -1.97. The number of phenols is 1. The van der Waals surface area contributed by atoms with Crippen LogP contribution in [0.5, 0.6) is 5.75 Å². The molecule has 1 heterocycles. The number of benzene rings is 2. The van der Waals surface area contributed by atoms with Crippen LogP contribution in [0.3, 0.4) is 0 Å². The molecule has 0 saturated heterocycles. The minimum atomic E-state index is -0.501. The number of nitrogens with zero attached hydrogens (tertiary/aromatic N) is 2. The zero-order chi connectivity index (χ0) is 15.7. The first-order chi connectivity index (χ1) is 10.5. The van der Waals surface area contributed by atoms with Crippen molar-refractivity contribution in [3.8, 4) is 5.75 Å². The normalized spacial score (nSPS) is 11.4. The molecule has 0 aliphatic rings. The highest BCUT2D eigenvalue weighted by Gasteiger charge is 2.11. The average Bonchev–Trinajstić information content (AvgIpc) is 2.47. The number of hydrogen-bond donors (Lipinski definition) is 1. The van der Waals surface area contributed by atoms with E-state index in [2.05, 4.69) is 10.2 Å². The van der Waals surface area contributed by atoms with Crippen molar-refractivity contribution in [1.82, 2.24) is 0 Å². The molecule has 0 aliphatic heterocycles. The van der Waals surface area contributed by atoms with Crippen LogP contribution in [0.4, 0.5) is 11.4 Å². The molecule has 5 nitrogen and oxygen atoms in total. The number of rotatable bonds is 2. The van der Waals surface area contributed by atoms with Crippen molar-refractivity contribution in [1.29, 1.82) is 0 Å². The molecule has 0 atom stereocenters. The summed E-state index contributed by atoms with van der Waals surface area (Å²) in [6.07, 6.45) is 0. The monoisotopic (exact) mass is 314 g/mol. The second kappa shape index (κ2) is 5.61. The van der Waals surface area contributed by atoms with Crippen molar-refractivity contribution in [2.45, 2.75) is 6.92 Å². The minimum Gasteiger partial charge on any atom is -0.505 e. The number of aromatic hydroxyl groups is 1. The van der Waals surface area contributed by atoms with Crippen LogP contribution in [0.1, 0.15) is 5.56 Å². The van der Waals surface area contributed by atoms with Crippen molar-refractivity contribution in [2.24, 2.45) is 10.2 Å². The predicted molar refractivity (Wildman–Crippen MR) is 84.5 cm³/mol. The highest BCUT2D eigenvalue weighted by Crippen LogP contribution is 2.36. The fourth-order valence-electron chi connectivity index (χ4n) is 2.07. The van der Waals surface area contributed by atoms with E-state index in [1.807, 2.05) is 0 Å². The second-order valence-electron chi connectivity index (χ2n) is 4.73. The van der Waals surface area contributed by atoms with Crippen molar-refractivity contribution in [3.05, 3.63) is 63.5 Å². The summed E-state index contributed by atoms with van der Waals surface area (Å²) in [5, 5.41) is 19.3. The van der Waals surface area contributed by atoms with Gasteiger partial charge in [-0.25, -0.2) is 4.79 Å². The molecule has 3 rings (SSSR count). The van der Waals surface area contributed by atoms with E-state index in [-0.39, 0.29) is 17.0 Å². The van der Waals surface area contributed by atoms with Crippen molar-refractivity contribution in [2.75, 3.05) is 0 Å². The average molecular weight is 315 g/mol. The molecule has 0 spiro atoms. The minimum absolute atomic E-state index is 0.112. The summed E-state index contributed by atoms with van der Waals surface area (Å²) in [5.41, 5.74) is 1.14. The van der Waals surface area contributed by atoms with Crippen LogP contribution >= 0.6 is 11.6 Å². The van der Waals surface area contributed by atoms with E-state index in [4.69, 9.17) is 16.0 Å². The topological polar surface area (TPSA) is 75.2 Å². The van der Waals surface area contributed by atoms with Crippen molar-refractivity contribution >= 4 is 33.9 Å². The van der Waals surface area contributed by atoms with E-state index in [9.17, 15) is 9.90 Å². The first-order valence-electron chi connectivity index (χ1n) is 6.48. The standard InChI is InChI=1S/C16H11ClN2O3/c1-9-8-14(21)22-16-12(9)6-7-13(20)15(16)19-18-11-4-2-10(17)3-5-11/h2-8,20H,1H3. The highest BCUT2D eigenvalue weighted by atomic mass is 35.5. The smallest absolute Gasteiger partial charge is 0.336 e. The number of azo groups is 1. The van der Waals surface area contributed by atoms with Gasteiger partial charge in [0.2, 0.25) is 0 Å². The van der Waals surface area contributed by atoms with Crippen LogP contribution in [0.2, 0.25) is 5.02 Å². The van der Waals surface area contributed by atoms with E-state index in [0.717, 1.165) is 5.56 Å². The quantitative estimate of drug-likeness (QED) is 0.541. The maximum atomic E-state index is 11.5. The third-order valence-electron chi connectivity index (χ3n) is 3.16. The lowest BCUT2D eigenvalue weighted by atomic mass is 10.1. The molecule has 0 bridgehead atoms. The molecule has 3 aromatic rings. The van der Waals surface area contributed by atoms with Gasteiger partial charge in [-0.15, -0.1) is 5.11 Å². The van der Waals surface area contributed by atoms with E-state index in [1.54, 1.807) is 37.3 Å². The molecular weight excluding hydrogens is 304 g/mol. The Morgan fingerprint density at radius 1 is 1.09 bits per heavy atom. The first-order valence-corrected chi connectivity index (χ1v) is 6.86. The molecule has 1 N–H and O–H groups in total. The molecule has 0 radical (unpaired) electrons. The van der Waals surface area contributed by atoms with Crippen molar-refractivity contribution in [3.63, 3.8) is 0 Å². The molecule has 22 heavy (non-hydrogen) atoms. The van der Waals surface area contributed by atoms with Gasteiger partial charge in [0, 0.05) is 16.5 Å². The van der Waals surface area contributed by atoms with Crippen LogP contribution in [-0.4, -0.2) is 5.11 Å². The fourth-order valence-corrected chi connectivity index (χ4v) is 2.20. The molecule has 0 aliphatic carbocycles. The molecule has 2 aromatic carbocycles. The summed E-state index contributed by atoms with van der Waals surface area (Å²) < 4.78 is 5.17. The molecule has 0 amide bonds. The van der Waals surface area contributed by atoms with Crippen LogP contribution in [-0.2, 0) is 0 Å². The number of phenolic OH excluding ortho intramolecular Hbond substituents is 1. The Kier molecular flexibility index (Phi) is 3.65. The van der Waals surface area contributed by atoms with Gasteiger partial charge in [-0.3, -0.25) is 0 Å². The largest absolute Gasteiger partial charge is 0.505 e. The molecule has 110 valence electrons. The zero-order valence-electron chi connectivity index (χ0n) is 11.6. The molecular formula is C16H11ClN2O3. The number of aryl methyl sites for hydroxylation is 1. The maximum Gasteiger partial charge on any atom is 0.336 e. The summed E-state index contributed by atoms with van der Waals surface area (Å²) in [7, 11) is 0. The van der Waals surface area contributed by atoms with Gasteiger partial charge in [0.25, 0.3) is 0 Å². The molecule has 0 saturated carbocycles. The lowest BCUT2D eigenvalue weighted by molar-refractivity contribution is 0.474. The van der Waals surface area contributed by atoms with E-state index in [1.165, 1.54) is 12.1 Å². The maximum absolute atomic E-state index is 11.5. The van der Waals surface area contributed by atoms with Gasteiger partial charge in [-0.05, 0) is 48.9 Å². The Balaban J connectivity index is 2.15. The van der Waals surface area contributed by atoms with E-state index >= 15 is 0 Å². The van der Waals surface area contributed by atoms with E-state index in [0.29, 0.717) is 16.1 Å². The van der Waals surface area contributed by atoms with Crippen LogP contribution in [0.15, 0.2) is 61.9 Å². The van der Waals surface area contributed by atoms with E-state index < -0.39 is 5.63 Å². The van der Waals surface area contributed by atoms with Gasteiger partial charge in [-0.2, -0.15) is 5.11 Å². The van der Waals surface area contributed by atoms with Gasteiger partial charge in [0.1, 0.15) is 5.75 Å². The van der Waals surface area contributed by atoms with Gasteiger partial charge < -0.3 is 9.52 Å². The fraction of sp³-hybridized carbons (Fsp3) is 0.0625. The highest BCUT2D eigenvalue weighted by molar-refractivity contribution is 6.30. The predicted octanol–water partition coefficient (Wildman–Crippen LogP) is 4.88. The summed E-state index contributed by atoms with van der Waals surface area (Å²) in [6, 6.07) is 11.3. The SMILES string of the molecule is Cc1cc(=O)oc2c(N=Nc3ccc(Cl)cc3)c(O)ccc12. The molecule has 0 unspecified atom stereocenters. The van der Waals surface area contributed by atoms with Crippen LogP contribution in [0.25, 0.3) is 11.0 Å². The zero-order valence-corrected chi connectivity index (χ0v) is 12.3. The Morgan fingerprint density at radius 3 is 2.55 bits per heavy atom. The number of hydrogen-bond acceptors (Lipinski definition) is 5. The molecule has 0 fully saturated rings. The molecule has 6 heteroatoms. The third kappa shape index (κ3) is 2.71. The van der Waals surface area contributed by atoms with Gasteiger partial charge >= 0.3 is 5.63 Å². The summed E-state index contributed by atoms with van der Waals surface area (Å²) in [5.74, 6) is -0.112. The van der Waals surface area contributed by atoms with Crippen molar-refractivity contribution < 1.29 is 9.52 Å². The summed E-state index contributed by atoms with van der Waals surface area (Å²) in [6.45, 7) is 1.79.